The van der Waals surface area contributed by atoms with Crippen molar-refractivity contribution < 1.29 is 0 Å². The lowest BCUT2D eigenvalue weighted by Gasteiger charge is -1.91. The summed E-state index contributed by atoms with van der Waals surface area (Å²) >= 11 is 11.1. The lowest BCUT2D eigenvalue weighted by Crippen LogP contribution is -2.09. The average Bonchev–Trinajstić information content (AvgIpc) is 1.68. The standard InChI is InChI=1S/C3H3ClN2S2/c4-1-8-3(7)6-2-5/h1H2,(H,6,7). The normalized spacial score (nSPS) is 7.50. The van der Waals surface area contributed by atoms with Crippen LogP contribution in [0.1, 0.15) is 0 Å². The van der Waals surface area contributed by atoms with Crippen LogP contribution in [0.5, 0.6) is 0 Å². The zero-order valence-corrected chi connectivity index (χ0v) is 6.24. The van der Waals surface area contributed by atoms with E-state index in [2.05, 4.69) is 17.5 Å². The van der Waals surface area contributed by atoms with Gasteiger partial charge in [0.05, 0.1) is 5.21 Å². The molecule has 0 aromatic heterocycles. The first kappa shape index (κ1) is 8.02. The minimum atomic E-state index is 0.382. The second kappa shape index (κ2) is 5.16. The Balaban J connectivity index is 3.23. The van der Waals surface area contributed by atoms with Crippen molar-refractivity contribution in [2.75, 3.05) is 5.21 Å². The zero-order valence-electron chi connectivity index (χ0n) is 3.85. The Kier molecular flexibility index (Phi) is 5.18. The SMILES string of the molecule is N#CNC(=S)SCCl. The highest BCUT2D eigenvalue weighted by Crippen LogP contribution is 2.02. The van der Waals surface area contributed by atoms with Crippen molar-refractivity contribution in [1.29, 1.82) is 5.26 Å². The molecule has 0 atom stereocenters. The second-order valence-electron chi connectivity index (χ2n) is 0.778. The molecule has 0 bridgehead atoms. The largest absolute Gasteiger partial charge is 0.278 e. The Labute approximate surface area is 62.2 Å². The molecule has 1 N–H and O–H groups in total. The molecule has 0 aliphatic carbocycles. The van der Waals surface area contributed by atoms with Crippen LogP contribution >= 0.6 is 35.6 Å². The molecule has 0 aromatic rings. The van der Waals surface area contributed by atoms with Gasteiger partial charge in [-0.3, -0.25) is 5.32 Å². The van der Waals surface area contributed by atoms with Gasteiger partial charge in [-0.25, -0.2) is 0 Å². The van der Waals surface area contributed by atoms with Gasteiger partial charge in [-0.15, -0.1) is 11.6 Å². The minimum Gasteiger partial charge on any atom is -0.278 e. The predicted octanol–water partition coefficient (Wildman–Crippen LogP) is 1.27. The van der Waals surface area contributed by atoms with Crippen LogP contribution in [-0.4, -0.2) is 9.53 Å². The van der Waals surface area contributed by atoms with E-state index in [1.165, 1.54) is 11.8 Å². The van der Waals surface area contributed by atoms with Crippen LogP contribution in [0.3, 0.4) is 0 Å². The van der Waals surface area contributed by atoms with Gasteiger partial charge in [-0.1, -0.05) is 24.0 Å². The van der Waals surface area contributed by atoms with E-state index in [1.807, 2.05) is 0 Å². The summed E-state index contributed by atoms with van der Waals surface area (Å²) in [5, 5.41) is 10.6. The Morgan fingerprint density at radius 1 is 2.00 bits per heavy atom. The number of hydrogen-bond donors (Lipinski definition) is 1. The summed E-state index contributed by atoms with van der Waals surface area (Å²) in [6.07, 6.45) is 1.68. The quantitative estimate of drug-likeness (QED) is 0.276. The summed E-state index contributed by atoms with van der Waals surface area (Å²) in [7, 11) is 0. The molecule has 44 valence electrons. The molecule has 5 heteroatoms. The van der Waals surface area contributed by atoms with Gasteiger partial charge in [0, 0.05) is 0 Å². The van der Waals surface area contributed by atoms with Gasteiger partial charge < -0.3 is 0 Å². The van der Waals surface area contributed by atoms with Gasteiger partial charge in [0.15, 0.2) is 6.19 Å². The first-order chi connectivity index (χ1) is 3.81. The van der Waals surface area contributed by atoms with E-state index < -0.39 is 0 Å². The number of nitrogens with zero attached hydrogens (tertiary/aromatic N) is 1. The molecule has 0 spiro atoms. The van der Waals surface area contributed by atoms with Crippen LogP contribution in [0.4, 0.5) is 0 Å². The van der Waals surface area contributed by atoms with Crippen LogP contribution in [-0.2, 0) is 0 Å². The molecule has 0 aromatic carbocycles. The van der Waals surface area contributed by atoms with Crippen molar-refractivity contribution in [3.63, 3.8) is 0 Å². The molecule has 8 heavy (non-hydrogen) atoms. The van der Waals surface area contributed by atoms with Crippen LogP contribution in [0.15, 0.2) is 0 Å². The maximum Gasteiger partial charge on any atom is 0.182 e. The number of alkyl halides is 1. The lowest BCUT2D eigenvalue weighted by atomic mass is 11.2. The van der Waals surface area contributed by atoms with Gasteiger partial charge in [0.2, 0.25) is 0 Å². The van der Waals surface area contributed by atoms with E-state index in [-0.39, 0.29) is 0 Å². The van der Waals surface area contributed by atoms with Gasteiger partial charge >= 0.3 is 0 Å². The molecule has 0 heterocycles. The zero-order chi connectivity index (χ0) is 6.41. The number of hydrogen-bond acceptors (Lipinski definition) is 3. The smallest absolute Gasteiger partial charge is 0.182 e. The summed E-state index contributed by atoms with van der Waals surface area (Å²) in [5.74, 6) is 0. The number of thiocarbonyl (C=S) groups is 1. The van der Waals surface area contributed by atoms with Crippen molar-refractivity contribution in [2.45, 2.75) is 0 Å². The molecule has 0 unspecified atom stereocenters. The first-order valence-corrected chi connectivity index (χ1v) is 3.62. The summed E-state index contributed by atoms with van der Waals surface area (Å²) in [4.78, 5) is 0. The molecule has 0 rings (SSSR count). The van der Waals surface area contributed by atoms with Crippen LogP contribution in [0.2, 0.25) is 0 Å². The Morgan fingerprint density at radius 2 is 2.62 bits per heavy atom. The highest BCUT2D eigenvalue weighted by molar-refractivity contribution is 8.23. The molecule has 0 aliphatic heterocycles. The maximum absolute atomic E-state index is 7.96. The van der Waals surface area contributed by atoms with Gasteiger partial charge in [0.25, 0.3) is 0 Å². The number of rotatable bonds is 1. The van der Waals surface area contributed by atoms with E-state index in [1.54, 1.807) is 6.19 Å². The highest BCUT2D eigenvalue weighted by atomic mass is 35.5. The van der Waals surface area contributed by atoms with Crippen molar-refractivity contribution in [1.82, 2.24) is 5.32 Å². The fourth-order valence-electron chi connectivity index (χ4n) is 0.131. The Hall–Kier alpha value is 0.0200. The number of nitrogens with one attached hydrogen (secondary N) is 1. The van der Waals surface area contributed by atoms with E-state index in [0.717, 1.165) is 0 Å². The van der Waals surface area contributed by atoms with Crippen LogP contribution in [0.25, 0.3) is 0 Å². The van der Waals surface area contributed by atoms with Crippen molar-refractivity contribution >= 4 is 39.9 Å². The Bertz CT molecular complexity index is 119. The van der Waals surface area contributed by atoms with Crippen molar-refractivity contribution in [3.8, 4) is 6.19 Å². The molecule has 0 fully saturated rings. The minimum absolute atomic E-state index is 0.382. The van der Waals surface area contributed by atoms with E-state index >= 15 is 0 Å². The second-order valence-corrected chi connectivity index (χ2v) is 3.01. The molecule has 0 aliphatic rings. The number of thioether (sulfide) groups is 1. The number of nitriles is 1. The molecule has 0 saturated heterocycles. The summed E-state index contributed by atoms with van der Waals surface area (Å²) in [6.45, 7) is 0. The van der Waals surface area contributed by atoms with Crippen LogP contribution < -0.4 is 5.32 Å². The van der Waals surface area contributed by atoms with Gasteiger partial charge in [-0.05, 0) is 0 Å². The predicted molar refractivity (Wildman–Crippen MR) is 39.7 cm³/mol. The molecule has 0 radical (unpaired) electrons. The lowest BCUT2D eigenvalue weighted by molar-refractivity contribution is 1.31. The molecular weight excluding hydrogens is 164 g/mol. The van der Waals surface area contributed by atoms with Crippen LogP contribution in [0, 0.1) is 11.5 Å². The summed E-state index contributed by atoms with van der Waals surface area (Å²) < 4.78 is 0.419. The summed E-state index contributed by atoms with van der Waals surface area (Å²) in [6, 6.07) is 0. The van der Waals surface area contributed by atoms with Crippen molar-refractivity contribution in [2.24, 2.45) is 0 Å². The summed E-state index contributed by atoms with van der Waals surface area (Å²) in [5.41, 5.74) is 0. The third-order valence-corrected chi connectivity index (χ3v) is 1.60. The topological polar surface area (TPSA) is 35.8 Å². The fourth-order valence-corrected chi connectivity index (χ4v) is 1.09. The maximum atomic E-state index is 7.96. The molecule has 0 amide bonds. The third kappa shape index (κ3) is 4.19. The van der Waals surface area contributed by atoms with E-state index in [4.69, 9.17) is 16.9 Å². The first-order valence-electron chi connectivity index (χ1n) is 1.69. The molecule has 2 nitrogen and oxygen atoms in total. The highest BCUT2D eigenvalue weighted by Gasteiger charge is 1.89. The molecular formula is C3H3ClN2S2. The van der Waals surface area contributed by atoms with Gasteiger partial charge in [-0.2, -0.15) is 5.26 Å². The van der Waals surface area contributed by atoms with E-state index in [9.17, 15) is 0 Å². The number of halogens is 1. The monoisotopic (exact) mass is 166 g/mol. The van der Waals surface area contributed by atoms with Crippen molar-refractivity contribution in [3.05, 3.63) is 0 Å². The van der Waals surface area contributed by atoms with Gasteiger partial charge in [0.1, 0.15) is 4.32 Å². The van der Waals surface area contributed by atoms with E-state index in [0.29, 0.717) is 9.53 Å². The molecule has 0 saturated carbocycles. The average molecular weight is 167 g/mol. The Morgan fingerprint density at radius 3 is 3.00 bits per heavy atom. The third-order valence-electron chi connectivity index (χ3n) is 0.344. The fraction of sp³-hybridized carbons (Fsp3) is 0.333.